The van der Waals surface area contributed by atoms with Crippen molar-refractivity contribution in [2.24, 2.45) is 0 Å². The van der Waals surface area contributed by atoms with E-state index in [2.05, 4.69) is 30.2 Å². The maximum Gasteiger partial charge on any atom is 0.490 e. The SMILES string of the molecule is COc1ncnc(OC)c1-n1c(NS(=O)(=O)[C@H]2CCCNC2)nnc1-c1ccccc1.O=C(O)C(F)(F)F. The highest BCUT2D eigenvalue weighted by Crippen LogP contribution is 2.35. The molecule has 1 aliphatic rings. The lowest BCUT2D eigenvalue weighted by Gasteiger charge is -2.23. The summed E-state index contributed by atoms with van der Waals surface area (Å²) in [5.74, 6) is -2.01. The zero-order chi connectivity index (χ0) is 27.9. The number of halogens is 3. The van der Waals surface area contributed by atoms with E-state index in [0.717, 1.165) is 13.0 Å². The second-order valence-electron chi connectivity index (χ2n) is 7.71. The van der Waals surface area contributed by atoms with Crippen molar-refractivity contribution in [1.29, 1.82) is 0 Å². The van der Waals surface area contributed by atoms with Crippen LogP contribution >= 0.6 is 0 Å². The first kappa shape index (κ1) is 28.6. The standard InChI is InChI=1S/C19H23N7O4S.C2HF3O2/c1-29-17-15(18(30-2)22-12-21-17)26-16(13-7-4-3-5-8-13)23-24-19(26)25-31(27,28)14-9-6-10-20-11-14;3-2(4,5)1(6)7/h3-5,7-8,12,14,20H,6,9-11H2,1-2H3,(H,24,25);(H,6,7)/t14-;/m0./s1. The van der Waals surface area contributed by atoms with Crippen LogP contribution in [0.3, 0.4) is 0 Å². The van der Waals surface area contributed by atoms with Crippen molar-refractivity contribution in [3.63, 3.8) is 0 Å². The summed E-state index contributed by atoms with van der Waals surface area (Å²) in [7, 11) is -0.826. The van der Waals surface area contributed by atoms with Crippen LogP contribution in [0.4, 0.5) is 19.1 Å². The fraction of sp³-hybridized carbons (Fsp3) is 0.381. The second-order valence-corrected chi connectivity index (χ2v) is 9.67. The van der Waals surface area contributed by atoms with Crippen LogP contribution in [0.2, 0.25) is 0 Å². The summed E-state index contributed by atoms with van der Waals surface area (Å²) in [6.07, 6.45) is -2.45. The average molecular weight is 560 g/mol. The van der Waals surface area contributed by atoms with Gasteiger partial charge in [0.15, 0.2) is 11.5 Å². The van der Waals surface area contributed by atoms with Crippen molar-refractivity contribution in [1.82, 2.24) is 30.0 Å². The van der Waals surface area contributed by atoms with Gasteiger partial charge in [0, 0.05) is 12.1 Å². The van der Waals surface area contributed by atoms with Crippen molar-refractivity contribution < 1.29 is 41.0 Å². The molecule has 1 aromatic carbocycles. The van der Waals surface area contributed by atoms with E-state index in [1.807, 2.05) is 30.3 Å². The zero-order valence-corrected chi connectivity index (χ0v) is 21.0. The Morgan fingerprint density at radius 3 is 2.24 bits per heavy atom. The third-order valence-corrected chi connectivity index (χ3v) is 6.97. The first-order valence-electron chi connectivity index (χ1n) is 11.0. The largest absolute Gasteiger partial charge is 0.490 e. The van der Waals surface area contributed by atoms with Crippen LogP contribution in [0.15, 0.2) is 36.7 Å². The summed E-state index contributed by atoms with van der Waals surface area (Å²) in [6, 6.07) is 9.25. The Labute approximate surface area is 215 Å². The minimum absolute atomic E-state index is 0.00386. The third-order valence-electron chi connectivity index (χ3n) is 5.23. The van der Waals surface area contributed by atoms with E-state index < -0.39 is 27.4 Å². The highest BCUT2D eigenvalue weighted by atomic mass is 32.2. The third kappa shape index (κ3) is 6.65. The quantitative estimate of drug-likeness (QED) is 0.386. The van der Waals surface area contributed by atoms with E-state index in [1.165, 1.54) is 25.1 Å². The topological polar surface area (TPSA) is 170 Å². The molecule has 1 saturated heterocycles. The van der Waals surface area contributed by atoms with Crippen LogP contribution in [0.25, 0.3) is 17.1 Å². The molecule has 3 heterocycles. The first-order chi connectivity index (χ1) is 18.0. The number of carboxylic acid groups (broad SMARTS) is 1. The number of ether oxygens (including phenoxy) is 2. The number of carbonyl (C=O) groups is 1. The van der Waals surface area contributed by atoms with Gasteiger partial charge in [-0.25, -0.2) is 13.2 Å². The normalized spacial score (nSPS) is 15.7. The molecule has 0 unspecified atom stereocenters. The molecular formula is C21H24F3N7O6S. The molecule has 17 heteroatoms. The molecule has 0 bridgehead atoms. The number of carboxylic acids is 1. The highest BCUT2D eigenvalue weighted by Gasteiger charge is 2.38. The van der Waals surface area contributed by atoms with Gasteiger partial charge in [0.05, 0.1) is 19.5 Å². The van der Waals surface area contributed by atoms with Gasteiger partial charge < -0.3 is 19.9 Å². The minimum Gasteiger partial charge on any atom is -0.479 e. The van der Waals surface area contributed by atoms with Crippen molar-refractivity contribution >= 4 is 21.9 Å². The van der Waals surface area contributed by atoms with Gasteiger partial charge in [-0.2, -0.15) is 23.1 Å². The van der Waals surface area contributed by atoms with Gasteiger partial charge >= 0.3 is 12.1 Å². The Morgan fingerprint density at radius 1 is 1.13 bits per heavy atom. The van der Waals surface area contributed by atoms with E-state index in [1.54, 1.807) is 0 Å². The number of aromatic nitrogens is 5. The molecule has 0 aliphatic carbocycles. The van der Waals surface area contributed by atoms with Crippen molar-refractivity contribution in [2.45, 2.75) is 24.3 Å². The molecule has 0 radical (unpaired) electrons. The van der Waals surface area contributed by atoms with Crippen LogP contribution in [0, 0.1) is 0 Å². The number of nitrogens with one attached hydrogen (secondary N) is 2. The molecule has 1 fully saturated rings. The van der Waals surface area contributed by atoms with Crippen molar-refractivity contribution in [3.05, 3.63) is 36.7 Å². The molecule has 0 spiro atoms. The second kappa shape index (κ2) is 12.0. The molecule has 0 amide bonds. The molecule has 3 aromatic rings. The molecule has 3 N–H and O–H groups in total. The number of alkyl halides is 3. The van der Waals surface area contributed by atoms with Gasteiger partial charge in [-0.1, -0.05) is 30.3 Å². The first-order valence-corrected chi connectivity index (χ1v) is 12.5. The summed E-state index contributed by atoms with van der Waals surface area (Å²) >= 11 is 0. The van der Waals surface area contributed by atoms with Gasteiger partial charge in [0.1, 0.15) is 6.33 Å². The molecule has 2 aromatic heterocycles. The predicted octanol–water partition coefficient (Wildman–Crippen LogP) is 1.87. The molecule has 1 aliphatic heterocycles. The van der Waals surface area contributed by atoms with Gasteiger partial charge in [-0.15, -0.1) is 10.2 Å². The van der Waals surface area contributed by atoms with Gasteiger partial charge in [0.25, 0.3) is 0 Å². The molecule has 1 atom stereocenters. The fourth-order valence-corrected chi connectivity index (χ4v) is 4.84. The number of nitrogens with zero attached hydrogens (tertiary/aromatic N) is 5. The summed E-state index contributed by atoms with van der Waals surface area (Å²) < 4.78 is 72.8. The number of anilines is 1. The van der Waals surface area contributed by atoms with Crippen LogP contribution in [0.5, 0.6) is 11.8 Å². The number of aliphatic carboxylic acids is 1. The average Bonchev–Trinajstić information content (AvgIpc) is 3.31. The number of hydrogen-bond donors (Lipinski definition) is 3. The maximum atomic E-state index is 13.1. The van der Waals surface area contributed by atoms with Crippen LogP contribution in [0.1, 0.15) is 12.8 Å². The van der Waals surface area contributed by atoms with E-state index in [9.17, 15) is 21.6 Å². The van der Waals surface area contributed by atoms with E-state index in [0.29, 0.717) is 24.4 Å². The summed E-state index contributed by atoms with van der Waals surface area (Å²) in [6.45, 7) is 1.17. The van der Waals surface area contributed by atoms with Crippen LogP contribution in [-0.2, 0) is 14.8 Å². The number of rotatable bonds is 7. The molecule has 4 rings (SSSR count). The summed E-state index contributed by atoms with van der Waals surface area (Å²) in [5.41, 5.74) is 1.00. The monoisotopic (exact) mass is 559 g/mol. The fourth-order valence-electron chi connectivity index (χ4n) is 3.47. The molecule has 206 valence electrons. The molecule has 0 saturated carbocycles. The number of piperidine rings is 1. The Kier molecular flexibility index (Phi) is 9.05. The molecular weight excluding hydrogens is 535 g/mol. The smallest absolute Gasteiger partial charge is 0.479 e. The Balaban J connectivity index is 0.000000505. The van der Waals surface area contributed by atoms with Gasteiger partial charge in [-0.3, -0.25) is 9.29 Å². The highest BCUT2D eigenvalue weighted by molar-refractivity contribution is 7.93. The lowest BCUT2D eigenvalue weighted by molar-refractivity contribution is -0.192. The van der Waals surface area contributed by atoms with Gasteiger partial charge in [-0.05, 0) is 19.4 Å². The zero-order valence-electron chi connectivity index (χ0n) is 20.1. The number of sulfonamides is 1. The Morgan fingerprint density at radius 2 is 1.74 bits per heavy atom. The molecule has 38 heavy (non-hydrogen) atoms. The van der Waals surface area contributed by atoms with Crippen LogP contribution in [-0.4, -0.2) is 83.0 Å². The van der Waals surface area contributed by atoms with Crippen molar-refractivity contribution in [3.8, 4) is 28.8 Å². The molecule has 13 nitrogen and oxygen atoms in total. The van der Waals surface area contributed by atoms with Crippen LogP contribution < -0.4 is 19.5 Å². The predicted molar refractivity (Wildman–Crippen MR) is 128 cm³/mol. The maximum absolute atomic E-state index is 13.1. The summed E-state index contributed by atoms with van der Waals surface area (Å²) in [4.78, 5) is 17.2. The van der Waals surface area contributed by atoms with Gasteiger partial charge in [0.2, 0.25) is 27.7 Å². The number of benzene rings is 1. The van der Waals surface area contributed by atoms with Crippen molar-refractivity contribution in [2.75, 3.05) is 32.0 Å². The summed E-state index contributed by atoms with van der Waals surface area (Å²) in [5, 5.41) is 18.0. The number of hydrogen-bond acceptors (Lipinski definition) is 10. The van der Waals surface area contributed by atoms with E-state index in [-0.39, 0.29) is 23.4 Å². The number of methoxy groups -OCH3 is 2. The van der Waals surface area contributed by atoms with E-state index >= 15 is 0 Å². The Hall–Kier alpha value is -3.99. The lowest BCUT2D eigenvalue weighted by atomic mass is 10.2. The Bertz CT molecular complexity index is 1320. The van der Waals surface area contributed by atoms with E-state index in [4.69, 9.17) is 19.4 Å². The minimum atomic E-state index is -5.08. The lowest BCUT2D eigenvalue weighted by Crippen LogP contribution is -2.41.